The summed E-state index contributed by atoms with van der Waals surface area (Å²) in [4.78, 5) is 11.7. The van der Waals surface area contributed by atoms with Gasteiger partial charge >= 0.3 is 0 Å². The minimum atomic E-state index is -0.384. The summed E-state index contributed by atoms with van der Waals surface area (Å²) >= 11 is 1.71. The number of thiophene rings is 1. The van der Waals surface area contributed by atoms with Gasteiger partial charge in [0.15, 0.2) is 0 Å². The van der Waals surface area contributed by atoms with Crippen LogP contribution in [0.5, 0.6) is 0 Å². The summed E-state index contributed by atoms with van der Waals surface area (Å²) in [6, 6.07) is 8.91. The number of nitrogens with one attached hydrogen (secondary N) is 1. The van der Waals surface area contributed by atoms with E-state index < -0.39 is 0 Å². The van der Waals surface area contributed by atoms with Gasteiger partial charge in [0.2, 0.25) is 0 Å². The smallest absolute Gasteiger partial charge is 0.269 e. The van der Waals surface area contributed by atoms with E-state index in [4.69, 9.17) is 4.74 Å². The van der Waals surface area contributed by atoms with Crippen LogP contribution in [0, 0.1) is 10.1 Å². The second kappa shape index (κ2) is 7.75. The van der Waals surface area contributed by atoms with Crippen molar-refractivity contribution < 1.29 is 9.66 Å². The van der Waals surface area contributed by atoms with Crippen LogP contribution in [0.4, 0.5) is 11.4 Å². The average molecular weight is 306 g/mol. The molecule has 0 unspecified atom stereocenters. The Morgan fingerprint density at radius 3 is 2.90 bits per heavy atom. The molecule has 5 nitrogen and oxygen atoms in total. The number of non-ortho nitro benzene ring substituents is 1. The second-order valence-electron chi connectivity index (χ2n) is 4.51. The van der Waals surface area contributed by atoms with Gasteiger partial charge in [0, 0.05) is 41.2 Å². The molecule has 1 aromatic heterocycles. The maximum atomic E-state index is 10.9. The molecular weight excluding hydrogens is 288 g/mol. The first kappa shape index (κ1) is 15.5. The summed E-state index contributed by atoms with van der Waals surface area (Å²) in [5.74, 6) is 0. The van der Waals surface area contributed by atoms with E-state index in [9.17, 15) is 10.1 Å². The van der Waals surface area contributed by atoms with Gasteiger partial charge < -0.3 is 10.1 Å². The molecule has 0 aliphatic heterocycles. The summed E-state index contributed by atoms with van der Waals surface area (Å²) in [5, 5.41) is 16.1. The standard InChI is InChI=1S/C15H18N2O3S/c1-2-16-15-6-5-13(17(18)19)10-12(15)11-20-8-7-14-4-3-9-21-14/h3-6,9-10,16H,2,7-8,11H2,1H3. The van der Waals surface area contributed by atoms with Crippen LogP contribution in [0.1, 0.15) is 17.4 Å². The summed E-state index contributed by atoms with van der Waals surface area (Å²) in [5.41, 5.74) is 1.80. The van der Waals surface area contributed by atoms with Gasteiger partial charge in [0.1, 0.15) is 0 Å². The molecule has 112 valence electrons. The van der Waals surface area contributed by atoms with Crippen molar-refractivity contribution in [1.82, 2.24) is 0 Å². The van der Waals surface area contributed by atoms with Crippen molar-refractivity contribution in [1.29, 1.82) is 0 Å². The van der Waals surface area contributed by atoms with E-state index in [1.54, 1.807) is 23.5 Å². The Balaban J connectivity index is 1.95. The zero-order chi connectivity index (χ0) is 15.1. The minimum absolute atomic E-state index is 0.0912. The molecule has 0 aliphatic carbocycles. The number of nitrogens with zero attached hydrogens (tertiary/aromatic N) is 1. The highest BCUT2D eigenvalue weighted by molar-refractivity contribution is 7.09. The highest BCUT2D eigenvalue weighted by atomic mass is 32.1. The lowest BCUT2D eigenvalue weighted by Gasteiger charge is -2.11. The Labute approximate surface area is 127 Å². The lowest BCUT2D eigenvalue weighted by Crippen LogP contribution is -2.05. The summed E-state index contributed by atoms with van der Waals surface area (Å²) in [7, 11) is 0. The molecule has 0 saturated heterocycles. The van der Waals surface area contributed by atoms with E-state index in [0.29, 0.717) is 13.2 Å². The fraction of sp³-hybridized carbons (Fsp3) is 0.333. The normalized spacial score (nSPS) is 10.5. The molecule has 0 saturated carbocycles. The molecule has 6 heteroatoms. The highest BCUT2D eigenvalue weighted by Crippen LogP contribution is 2.23. The van der Waals surface area contributed by atoms with Gasteiger partial charge in [-0.3, -0.25) is 10.1 Å². The molecule has 0 bridgehead atoms. The Kier molecular flexibility index (Phi) is 5.71. The topological polar surface area (TPSA) is 64.4 Å². The van der Waals surface area contributed by atoms with Crippen molar-refractivity contribution in [2.45, 2.75) is 20.0 Å². The Morgan fingerprint density at radius 2 is 2.24 bits per heavy atom. The number of benzene rings is 1. The summed E-state index contributed by atoms with van der Waals surface area (Å²) in [6.45, 7) is 3.73. The SMILES string of the molecule is CCNc1ccc([N+](=O)[O-])cc1COCCc1cccs1. The minimum Gasteiger partial charge on any atom is -0.385 e. The maximum Gasteiger partial charge on any atom is 0.269 e. The van der Waals surface area contributed by atoms with Gasteiger partial charge in [0.25, 0.3) is 5.69 Å². The maximum absolute atomic E-state index is 10.9. The predicted octanol–water partition coefficient (Wildman–Crippen LogP) is 3.85. The predicted molar refractivity (Wildman–Crippen MR) is 84.9 cm³/mol. The van der Waals surface area contributed by atoms with E-state index in [-0.39, 0.29) is 10.6 Å². The van der Waals surface area contributed by atoms with E-state index in [2.05, 4.69) is 11.4 Å². The van der Waals surface area contributed by atoms with E-state index >= 15 is 0 Å². The van der Waals surface area contributed by atoms with Crippen molar-refractivity contribution in [2.24, 2.45) is 0 Å². The number of hydrogen-bond donors (Lipinski definition) is 1. The van der Waals surface area contributed by atoms with Gasteiger partial charge in [-0.15, -0.1) is 11.3 Å². The molecular formula is C15H18N2O3S. The Hall–Kier alpha value is -1.92. The first-order chi connectivity index (χ1) is 10.2. The monoisotopic (exact) mass is 306 g/mol. The van der Waals surface area contributed by atoms with E-state index in [1.807, 2.05) is 18.4 Å². The van der Waals surface area contributed by atoms with Crippen molar-refractivity contribution in [3.05, 3.63) is 56.3 Å². The zero-order valence-electron chi connectivity index (χ0n) is 11.9. The molecule has 1 N–H and O–H groups in total. The third-order valence-electron chi connectivity index (χ3n) is 3.00. The first-order valence-corrected chi connectivity index (χ1v) is 7.70. The molecule has 1 aromatic carbocycles. The van der Waals surface area contributed by atoms with Crippen molar-refractivity contribution in [3.8, 4) is 0 Å². The van der Waals surface area contributed by atoms with E-state index in [0.717, 1.165) is 24.2 Å². The third kappa shape index (κ3) is 4.54. The van der Waals surface area contributed by atoms with Crippen LogP contribution in [0.25, 0.3) is 0 Å². The van der Waals surface area contributed by atoms with E-state index in [1.165, 1.54) is 10.9 Å². The van der Waals surface area contributed by atoms with Crippen LogP contribution in [-0.2, 0) is 17.8 Å². The quantitative estimate of drug-likeness (QED) is 0.457. The molecule has 21 heavy (non-hydrogen) atoms. The van der Waals surface area contributed by atoms with Gasteiger partial charge in [0.05, 0.1) is 18.1 Å². The van der Waals surface area contributed by atoms with Crippen LogP contribution in [0.15, 0.2) is 35.7 Å². The van der Waals surface area contributed by atoms with Crippen molar-refractivity contribution >= 4 is 22.7 Å². The number of ether oxygens (including phenoxy) is 1. The lowest BCUT2D eigenvalue weighted by molar-refractivity contribution is -0.384. The molecule has 0 spiro atoms. The fourth-order valence-corrected chi connectivity index (χ4v) is 2.68. The van der Waals surface area contributed by atoms with Crippen LogP contribution in [0.3, 0.4) is 0 Å². The van der Waals surface area contributed by atoms with Crippen molar-refractivity contribution in [2.75, 3.05) is 18.5 Å². The van der Waals surface area contributed by atoms with Crippen molar-refractivity contribution in [3.63, 3.8) is 0 Å². The largest absolute Gasteiger partial charge is 0.385 e. The molecule has 0 radical (unpaired) electrons. The number of rotatable bonds is 8. The number of nitro benzene ring substituents is 1. The van der Waals surface area contributed by atoms with Crippen LogP contribution >= 0.6 is 11.3 Å². The van der Waals surface area contributed by atoms with Gasteiger partial charge in [-0.25, -0.2) is 0 Å². The molecule has 0 atom stereocenters. The molecule has 0 fully saturated rings. The summed E-state index contributed by atoms with van der Waals surface area (Å²) < 4.78 is 5.66. The summed E-state index contributed by atoms with van der Waals surface area (Å²) in [6.07, 6.45) is 0.864. The second-order valence-corrected chi connectivity index (χ2v) is 5.54. The number of nitro groups is 1. The van der Waals surface area contributed by atoms with Crippen LogP contribution < -0.4 is 5.32 Å². The fourth-order valence-electron chi connectivity index (χ4n) is 1.99. The van der Waals surface area contributed by atoms with Gasteiger partial charge in [-0.05, 0) is 24.4 Å². The highest BCUT2D eigenvalue weighted by Gasteiger charge is 2.10. The van der Waals surface area contributed by atoms with Gasteiger partial charge in [-0.2, -0.15) is 0 Å². The molecule has 1 heterocycles. The molecule has 2 aromatic rings. The van der Waals surface area contributed by atoms with Crippen LogP contribution in [-0.4, -0.2) is 18.1 Å². The molecule has 0 aliphatic rings. The lowest BCUT2D eigenvalue weighted by atomic mass is 10.1. The third-order valence-corrected chi connectivity index (χ3v) is 3.93. The Bertz CT molecular complexity index is 585. The molecule has 0 amide bonds. The number of hydrogen-bond acceptors (Lipinski definition) is 5. The molecule has 2 rings (SSSR count). The number of anilines is 1. The average Bonchev–Trinajstić information content (AvgIpc) is 2.98. The first-order valence-electron chi connectivity index (χ1n) is 6.82. The Morgan fingerprint density at radius 1 is 1.38 bits per heavy atom. The van der Waals surface area contributed by atoms with Gasteiger partial charge in [-0.1, -0.05) is 6.07 Å². The van der Waals surface area contributed by atoms with Crippen LogP contribution in [0.2, 0.25) is 0 Å². The zero-order valence-corrected chi connectivity index (χ0v) is 12.7.